The summed E-state index contributed by atoms with van der Waals surface area (Å²) in [5.74, 6) is 2.39. The molecule has 0 fully saturated rings. The fraction of sp³-hybridized carbons (Fsp3) is 0.238. The fourth-order valence-electron chi connectivity index (χ4n) is 2.91. The van der Waals surface area contributed by atoms with Crippen LogP contribution in [0, 0.1) is 0 Å². The summed E-state index contributed by atoms with van der Waals surface area (Å²) < 4.78 is 25.6. The highest BCUT2D eigenvalue weighted by Gasteiger charge is 2.17. The summed E-state index contributed by atoms with van der Waals surface area (Å²) in [5, 5.41) is 5.41. The van der Waals surface area contributed by atoms with E-state index in [0.29, 0.717) is 34.6 Å². The van der Waals surface area contributed by atoms with Crippen molar-refractivity contribution in [1.82, 2.24) is 10.1 Å². The summed E-state index contributed by atoms with van der Waals surface area (Å²) in [7, 11) is 3.24. The predicted octanol–water partition coefficient (Wildman–Crippen LogP) is 5.23. The highest BCUT2D eigenvalue weighted by molar-refractivity contribution is 8.00. The van der Waals surface area contributed by atoms with E-state index < -0.39 is 0 Å². The first kappa shape index (κ1) is 21.3. The maximum absolute atomic E-state index is 5.88. The Morgan fingerprint density at radius 1 is 1.13 bits per heavy atom. The Labute approximate surface area is 187 Å². The van der Waals surface area contributed by atoms with Crippen LogP contribution in [0.25, 0.3) is 11.0 Å². The van der Waals surface area contributed by atoms with Crippen LogP contribution in [0.5, 0.6) is 22.4 Å². The topological polar surface area (TPSA) is 105 Å². The molecule has 4 rings (SSSR count). The van der Waals surface area contributed by atoms with Crippen molar-refractivity contribution in [3.8, 4) is 22.4 Å². The number of aryl methyl sites for hydroxylation is 1. The minimum Gasteiger partial charge on any atom is -0.496 e. The average Bonchev–Trinajstić information content (AvgIpc) is 3.43. The third kappa shape index (κ3) is 4.55. The van der Waals surface area contributed by atoms with Gasteiger partial charge in [-0.05, 0) is 42.1 Å². The van der Waals surface area contributed by atoms with Crippen LogP contribution in [0.4, 0.5) is 5.82 Å². The number of nitrogens with zero attached hydrogens (tertiary/aromatic N) is 2. The van der Waals surface area contributed by atoms with Crippen LogP contribution in [0.2, 0.25) is 0 Å². The molecule has 0 spiro atoms. The summed E-state index contributed by atoms with van der Waals surface area (Å²) in [6.45, 7) is 2.53. The lowest BCUT2D eigenvalue weighted by atomic mass is 10.2. The molecular weight excluding hydrogens is 436 g/mol. The number of benzene rings is 2. The normalized spacial score (nSPS) is 11.0. The van der Waals surface area contributed by atoms with E-state index in [2.05, 4.69) is 33.9 Å². The lowest BCUT2D eigenvalue weighted by Crippen LogP contribution is -1.93. The Morgan fingerprint density at radius 3 is 2.68 bits per heavy atom. The number of nitrogens with two attached hydrogens (primary N) is 1. The van der Waals surface area contributed by atoms with Gasteiger partial charge in [-0.3, -0.25) is 0 Å². The summed E-state index contributed by atoms with van der Waals surface area (Å²) >= 11 is 2.79. The van der Waals surface area contributed by atoms with Gasteiger partial charge in [-0.15, -0.1) is 0 Å². The number of ether oxygens (including phenoxy) is 3. The lowest BCUT2D eigenvalue weighted by molar-refractivity contribution is 0.378. The van der Waals surface area contributed by atoms with Crippen molar-refractivity contribution in [2.45, 2.75) is 24.8 Å². The Kier molecular flexibility index (Phi) is 6.50. The zero-order chi connectivity index (χ0) is 21.8. The molecule has 0 atom stereocenters. The largest absolute Gasteiger partial charge is 0.496 e. The second-order valence-electron chi connectivity index (χ2n) is 6.47. The number of anilines is 1. The molecule has 2 heterocycles. The lowest BCUT2D eigenvalue weighted by Gasteiger charge is -2.10. The van der Waals surface area contributed by atoms with E-state index in [4.69, 9.17) is 24.5 Å². The van der Waals surface area contributed by atoms with Gasteiger partial charge in [0.2, 0.25) is 0 Å². The summed E-state index contributed by atoms with van der Waals surface area (Å²) in [6, 6.07) is 9.67. The van der Waals surface area contributed by atoms with Gasteiger partial charge in [0.15, 0.2) is 22.9 Å². The van der Waals surface area contributed by atoms with Crippen LogP contribution >= 0.6 is 23.3 Å². The molecule has 8 nitrogen and oxygen atoms in total. The van der Waals surface area contributed by atoms with Crippen LogP contribution in [-0.2, 0) is 13.0 Å². The summed E-state index contributed by atoms with van der Waals surface area (Å²) in [5.41, 5.74) is 7.42. The predicted molar refractivity (Wildman–Crippen MR) is 122 cm³/mol. The number of nitrogens with one attached hydrogen (secondary N) is 1. The molecule has 2 aromatic heterocycles. The number of hydrogen-bond acceptors (Lipinski definition) is 10. The monoisotopic (exact) mass is 458 g/mol. The Morgan fingerprint density at radius 2 is 1.97 bits per heavy atom. The van der Waals surface area contributed by atoms with Crippen molar-refractivity contribution in [3.05, 3.63) is 47.0 Å². The third-order valence-electron chi connectivity index (χ3n) is 4.58. The molecule has 0 aliphatic heterocycles. The van der Waals surface area contributed by atoms with E-state index in [9.17, 15) is 0 Å². The van der Waals surface area contributed by atoms with Crippen LogP contribution in [0.3, 0.4) is 0 Å². The van der Waals surface area contributed by atoms with Gasteiger partial charge < -0.3 is 29.2 Å². The first-order valence-corrected chi connectivity index (χ1v) is 11.2. The van der Waals surface area contributed by atoms with E-state index in [-0.39, 0.29) is 0 Å². The van der Waals surface area contributed by atoms with Gasteiger partial charge in [-0.25, -0.2) is 4.98 Å². The highest BCUT2D eigenvalue weighted by Crippen LogP contribution is 2.40. The fourth-order valence-corrected chi connectivity index (χ4v) is 4.37. The quantitative estimate of drug-likeness (QED) is 0.326. The smallest absolute Gasteiger partial charge is 0.279 e. The Balaban J connectivity index is 1.59. The van der Waals surface area contributed by atoms with Gasteiger partial charge in [-0.2, -0.15) is 0 Å². The molecule has 0 bridgehead atoms. The van der Waals surface area contributed by atoms with Gasteiger partial charge in [-0.1, -0.05) is 29.5 Å². The molecule has 0 saturated heterocycles. The maximum atomic E-state index is 5.88. The molecular formula is C21H22N4O4S2. The highest BCUT2D eigenvalue weighted by atomic mass is 32.2. The number of hydrogen-bond donors (Lipinski definition) is 2. The van der Waals surface area contributed by atoms with E-state index in [1.54, 1.807) is 26.5 Å². The number of thiazole rings is 1. The first-order chi connectivity index (χ1) is 15.1. The molecule has 10 heteroatoms. The molecule has 0 unspecified atom stereocenters. The van der Waals surface area contributed by atoms with Gasteiger partial charge >= 0.3 is 0 Å². The van der Waals surface area contributed by atoms with Crippen molar-refractivity contribution < 1.29 is 18.7 Å². The number of fused-ring (bicyclic) bond motifs is 1. The van der Waals surface area contributed by atoms with Gasteiger partial charge in [0, 0.05) is 23.7 Å². The Bertz CT molecular complexity index is 1190. The molecule has 3 N–H and O–H groups in total. The Hall–Kier alpha value is -2.95. The molecule has 0 amide bonds. The van der Waals surface area contributed by atoms with Gasteiger partial charge in [0.25, 0.3) is 5.19 Å². The van der Waals surface area contributed by atoms with E-state index in [0.717, 1.165) is 27.3 Å². The van der Waals surface area contributed by atoms with Crippen LogP contribution in [0.1, 0.15) is 17.4 Å². The van der Waals surface area contributed by atoms with Crippen molar-refractivity contribution in [2.75, 3.05) is 18.9 Å². The van der Waals surface area contributed by atoms with Crippen molar-refractivity contribution in [2.24, 2.45) is 5.73 Å². The van der Waals surface area contributed by atoms with Crippen molar-refractivity contribution in [1.29, 1.82) is 0 Å². The van der Waals surface area contributed by atoms with Gasteiger partial charge in [0.05, 0.1) is 24.5 Å². The zero-order valence-corrected chi connectivity index (χ0v) is 18.9. The first-order valence-electron chi connectivity index (χ1n) is 9.55. The average molecular weight is 459 g/mol. The van der Waals surface area contributed by atoms with E-state index in [1.807, 2.05) is 12.1 Å². The molecule has 0 aliphatic carbocycles. The van der Waals surface area contributed by atoms with E-state index in [1.165, 1.54) is 28.8 Å². The molecule has 162 valence electrons. The standard InChI is InChI=1S/C21H22N4O4S2/c1-4-12-5-6-15(26-2)19(7-12)31-25-20-14-8-17(27-3)18(9-16(14)29-24-20)28-21-23-11-13(10-22)30-21/h5-9,11H,4,10,22H2,1-3H3,(H,24,25). The molecule has 31 heavy (non-hydrogen) atoms. The maximum Gasteiger partial charge on any atom is 0.279 e. The van der Waals surface area contributed by atoms with Crippen LogP contribution < -0.4 is 24.7 Å². The van der Waals surface area contributed by atoms with E-state index >= 15 is 0 Å². The minimum absolute atomic E-state index is 0.415. The molecule has 4 aromatic rings. The second kappa shape index (κ2) is 9.46. The third-order valence-corrected chi connectivity index (χ3v) is 6.31. The minimum atomic E-state index is 0.415. The molecule has 2 aromatic carbocycles. The summed E-state index contributed by atoms with van der Waals surface area (Å²) in [4.78, 5) is 6.12. The molecule has 0 aliphatic rings. The number of methoxy groups -OCH3 is 2. The zero-order valence-electron chi connectivity index (χ0n) is 17.3. The van der Waals surface area contributed by atoms with Crippen LogP contribution in [0.15, 0.2) is 45.9 Å². The van der Waals surface area contributed by atoms with Crippen molar-refractivity contribution >= 4 is 40.1 Å². The SMILES string of the molecule is CCc1ccc(OC)c(SNc2noc3cc(Oc4ncc(CN)s4)c(OC)cc23)c1. The van der Waals surface area contributed by atoms with Crippen LogP contribution in [-0.4, -0.2) is 24.4 Å². The number of aromatic nitrogens is 2. The van der Waals surface area contributed by atoms with Crippen molar-refractivity contribution in [3.63, 3.8) is 0 Å². The summed E-state index contributed by atoms with van der Waals surface area (Å²) in [6.07, 6.45) is 2.64. The van der Waals surface area contributed by atoms with Gasteiger partial charge in [0.1, 0.15) is 5.75 Å². The molecule has 0 saturated carbocycles. The number of rotatable bonds is 9. The molecule has 0 radical (unpaired) electrons. The second-order valence-corrected chi connectivity index (χ2v) is 8.40.